The molecule has 2 aromatic heterocycles. The van der Waals surface area contributed by atoms with E-state index in [2.05, 4.69) is 15.3 Å². The van der Waals surface area contributed by atoms with E-state index in [9.17, 15) is 19.8 Å². The van der Waals surface area contributed by atoms with Gasteiger partial charge in [-0.3, -0.25) is 9.59 Å². The van der Waals surface area contributed by atoms with Crippen molar-refractivity contribution in [2.24, 2.45) is 0 Å². The van der Waals surface area contributed by atoms with Gasteiger partial charge in [0.05, 0.1) is 18.6 Å². The van der Waals surface area contributed by atoms with E-state index in [4.69, 9.17) is 4.74 Å². The van der Waals surface area contributed by atoms with Crippen LogP contribution in [0.25, 0.3) is 22.0 Å². The average Bonchev–Trinajstić information content (AvgIpc) is 2.90. The largest absolute Gasteiger partial charge is 0.481 e. The summed E-state index contributed by atoms with van der Waals surface area (Å²) in [5.41, 5.74) is 0.584. The van der Waals surface area contributed by atoms with Crippen molar-refractivity contribution in [2.75, 3.05) is 7.11 Å². The molecule has 0 spiro atoms. The highest BCUT2D eigenvalue weighted by Crippen LogP contribution is 2.36. The highest BCUT2D eigenvalue weighted by molar-refractivity contribution is 5.83. The molecule has 0 unspecified atom stereocenters. The lowest BCUT2D eigenvalue weighted by atomic mass is 9.71. The number of fused-ring (bicyclic) bond motifs is 1. The minimum atomic E-state index is -1.64. The van der Waals surface area contributed by atoms with E-state index >= 15 is 0 Å². The fourth-order valence-electron chi connectivity index (χ4n) is 4.31. The molecule has 2 N–H and O–H groups in total. The van der Waals surface area contributed by atoms with Crippen molar-refractivity contribution in [2.45, 2.75) is 37.8 Å². The number of aliphatic hydroxyl groups excluding tert-OH is 1. The van der Waals surface area contributed by atoms with Gasteiger partial charge in [0, 0.05) is 24.4 Å². The van der Waals surface area contributed by atoms with Gasteiger partial charge in [0.2, 0.25) is 5.88 Å². The molecule has 180 valence electrons. The van der Waals surface area contributed by atoms with E-state index in [0.29, 0.717) is 22.3 Å². The van der Waals surface area contributed by atoms with Gasteiger partial charge < -0.3 is 14.9 Å². The molecule has 2 atom stereocenters. The van der Waals surface area contributed by atoms with Crippen molar-refractivity contribution in [3.05, 3.63) is 82.8 Å². The quantitative estimate of drug-likeness (QED) is 0.379. The van der Waals surface area contributed by atoms with Gasteiger partial charge in [-0.15, -0.1) is 5.10 Å². The summed E-state index contributed by atoms with van der Waals surface area (Å²) >= 11 is 0. The van der Waals surface area contributed by atoms with Crippen LogP contribution in [0.4, 0.5) is 0 Å². The fraction of sp³-hybridized carbons (Fsp3) is 0.269. The lowest BCUT2D eigenvalue weighted by molar-refractivity contribution is -0.149. The third kappa shape index (κ3) is 4.50. The van der Waals surface area contributed by atoms with Gasteiger partial charge in [0.25, 0.3) is 5.56 Å². The lowest BCUT2D eigenvalue weighted by Gasteiger charge is -2.34. The van der Waals surface area contributed by atoms with Gasteiger partial charge in [-0.05, 0) is 42.2 Å². The van der Waals surface area contributed by atoms with E-state index in [-0.39, 0.29) is 24.9 Å². The first-order valence-corrected chi connectivity index (χ1v) is 11.3. The Hall–Kier alpha value is -4.11. The Labute approximate surface area is 201 Å². The summed E-state index contributed by atoms with van der Waals surface area (Å²) in [5, 5.41) is 29.7. The number of carboxylic acids is 1. The molecule has 0 amide bonds. The second kappa shape index (κ2) is 10.0. The Balaban J connectivity index is 1.69. The minimum absolute atomic E-state index is 0.0236. The number of aliphatic carboxylic acids is 1. The molecule has 4 aromatic rings. The molecule has 0 radical (unpaired) electrons. The van der Waals surface area contributed by atoms with Crippen LogP contribution >= 0.6 is 0 Å². The molecule has 0 saturated carbocycles. The van der Waals surface area contributed by atoms with Crippen molar-refractivity contribution in [1.82, 2.24) is 20.0 Å². The number of carbonyl (C=O) groups is 1. The van der Waals surface area contributed by atoms with Crippen LogP contribution in [0.2, 0.25) is 0 Å². The van der Waals surface area contributed by atoms with E-state index in [1.807, 2.05) is 6.07 Å². The molecule has 0 bridgehead atoms. The number of nitrogens with zero attached hydrogens (tertiary/aromatic N) is 4. The van der Waals surface area contributed by atoms with Crippen LogP contribution in [0.5, 0.6) is 5.88 Å². The van der Waals surface area contributed by atoms with Crippen molar-refractivity contribution >= 4 is 16.9 Å². The Morgan fingerprint density at radius 2 is 1.80 bits per heavy atom. The molecule has 9 nitrogen and oxygen atoms in total. The maximum atomic E-state index is 12.9. The zero-order chi connectivity index (χ0) is 25.0. The fourth-order valence-corrected chi connectivity index (χ4v) is 4.31. The normalized spacial score (nSPS) is 13.8. The molecule has 0 aliphatic carbocycles. The Morgan fingerprint density at radius 3 is 2.43 bits per heavy atom. The second-order valence-electron chi connectivity index (χ2n) is 8.25. The van der Waals surface area contributed by atoms with E-state index in [0.717, 1.165) is 15.8 Å². The van der Waals surface area contributed by atoms with E-state index < -0.39 is 17.5 Å². The number of ether oxygens (including phenoxy) is 1. The molecule has 4 rings (SSSR count). The van der Waals surface area contributed by atoms with Crippen LogP contribution in [0.3, 0.4) is 0 Å². The van der Waals surface area contributed by atoms with E-state index in [1.54, 1.807) is 74.8 Å². The summed E-state index contributed by atoms with van der Waals surface area (Å²) < 4.78 is 6.24. The molecular weight excluding hydrogens is 448 g/mol. The van der Waals surface area contributed by atoms with Gasteiger partial charge in [-0.1, -0.05) is 48.5 Å². The van der Waals surface area contributed by atoms with Crippen LogP contribution in [-0.4, -0.2) is 49.4 Å². The summed E-state index contributed by atoms with van der Waals surface area (Å²) in [5.74, 6) is -0.680. The minimum Gasteiger partial charge on any atom is -0.481 e. The number of carboxylic acid groups (broad SMARTS) is 1. The first-order valence-electron chi connectivity index (χ1n) is 11.3. The van der Waals surface area contributed by atoms with Crippen LogP contribution in [0.1, 0.15) is 25.3 Å². The summed E-state index contributed by atoms with van der Waals surface area (Å²) in [6.07, 6.45) is 0.657. The second-order valence-corrected chi connectivity index (χ2v) is 8.25. The Morgan fingerprint density at radius 1 is 1.09 bits per heavy atom. The van der Waals surface area contributed by atoms with Crippen molar-refractivity contribution in [3.63, 3.8) is 0 Å². The predicted molar refractivity (Wildman–Crippen MR) is 130 cm³/mol. The van der Waals surface area contributed by atoms with Crippen molar-refractivity contribution < 1.29 is 19.7 Å². The van der Waals surface area contributed by atoms with Crippen LogP contribution < -0.4 is 10.3 Å². The number of benzene rings is 2. The number of methoxy groups -OCH3 is 1. The van der Waals surface area contributed by atoms with Gasteiger partial charge in [0.15, 0.2) is 0 Å². The van der Waals surface area contributed by atoms with Crippen LogP contribution in [0.15, 0.2) is 71.7 Å². The topological polar surface area (TPSA) is 127 Å². The first-order chi connectivity index (χ1) is 16.9. The van der Waals surface area contributed by atoms with Gasteiger partial charge in [-0.25, -0.2) is 9.67 Å². The summed E-state index contributed by atoms with van der Waals surface area (Å²) in [4.78, 5) is 29.7. The number of aliphatic hydroxyl groups is 1. The number of pyridine rings is 1. The number of aromatic nitrogens is 4. The third-order valence-corrected chi connectivity index (χ3v) is 6.36. The monoisotopic (exact) mass is 474 g/mol. The molecule has 2 heterocycles. The van der Waals surface area contributed by atoms with Crippen molar-refractivity contribution in [3.8, 4) is 17.0 Å². The molecular formula is C26H26N4O5. The molecule has 9 heteroatoms. The number of hydrogen-bond donors (Lipinski definition) is 2. The van der Waals surface area contributed by atoms with E-state index in [1.165, 1.54) is 0 Å². The Bertz CT molecular complexity index is 1390. The van der Waals surface area contributed by atoms with Crippen LogP contribution in [-0.2, 0) is 16.8 Å². The highest BCUT2D eigenvalue weighted by Gasteiger charge is 2.46. The average molecular weight is 475 g/mol. The molecule has 0 aliphatic rings. The number of aryl methyl sites for hydroxylation is 1. The lowest BCUT2D eigenvalue weighted by Crippen LogP contribution is -2.48. The molecule has 35 heavy (non-hydrogen) atoms. The molecule has 0 saturated heterocycles. The summed E-state index contributed by atoms with van der Waals surface area (Å²) in [6.45, 7) is 1.70. The third-order valence-electron chi connectivity index (χ3n) is 6.36. The van der Waals surface area contributed by atoms with Crippen LogP contribution in [0, 0.1) is 0 Å². The zero-order valence-corrected chi connectivity index (χ0v) is 19.5. The molecule has 2 aromatic carbocycles. The SMILES string of the molecule is CC[C@H](O)[C@](CCn1nnc2ccccc2c1=O)(C(=O)O)c1ccc(-c2ccc(OC)nc2)cc1. The smallest absolute Gasteiger partial charge is 0.316 e. The highest BCUT2D eigenvalue weighted by atomic mass is 16.5. The number of hydrogen-bond acceptors (Lipinski definition) is 7. The van der Waals surface area contributed by atoms with Gasteiger partial charge in [0.1, 0.15) is 10.9 Å². The molecule has 0 aliphatic heterocycles. The van der Waals surface area contributed by atoms with Gasteiger partial charge in [-0.2, -0.15) is 0 Å². The standard InChI is InChI=1S/C26H26N4O5/c1-3-22(31)26(25(33)34,14-15-30-24(32)20-6-4-5-7-21(20)28-29-30)19-11-8-17(9-12-19)18-10-13-23(35-2)27-16-18/h4-13,16,22,31H,3,14-15H2,1-2H3,(H,33,34)/t22-,26+/m0/s1. The zero-order valence-electron chi connectivity index (χ0n) is 19.5. The van der Waals surface area contributed by atoms with Crippen molar-refractivity contribution in [1.29, 1.82) is 0 Å². The maximum Gasteiger partial charge on any atom is 0.316 e. The Kier molecular flexibility index (Phi) is 6.88. The first kappa shape index (κ1) is 24.0. The maximum absolute atomic E-state index is 12.9. The summed E-state index contributed by atoms with van der Waals surface area (Å²) in [6, 6.07) is 17.4. The van der Waals surface area contributed by atoms with Gasteiger partial charge >= 0.3 is 5.97 Å². The predicted octanol–water partition coefficient (Wildman–Crippen LogP) is 3.05. The number of rotatable bonds is 9. The summed E-state index contributed by atoms with van der Waals surface area (Å²) in [7, 11) is 1.54. The molecule has 0 fully saturated rings.